The third kappa shape index (κ3) is 3.11. The fraction of sp³-hybridized carbons (Fsp3) is 0.227. The van der Waals surface area contributed by atoms with Crippen LogP contribution in [-0.2, 0) is 11.3 Å². The van der Waals surface area contributed by atoms with Crippen LogP contribution in [0.2, 0.25) is 0 Å². The number of fused-ring (bicyclic) bond motifs is 4. The lowest BCUT2D eigenvalue weighted by atomic mass is 10.2. The van der Waals surface area contributed by atoms with Gasteiger partial charge in [0.05, 0.1) is 12.0 Å². The van der Waals surface area contributed by atoms with Crippen LogP contribution in [0.4, 0.5) is 5.69 Å². The molecule has 1 aliphatic rings. The number of thioether (sulfide) groups is 1. The minimum atomic E-state index is -0.342. The molecule has 0 N–H and O–H groups in total. The summed E-state index contributed by atoms with van der Waals surface area (Å²) in [5.41, 5.74) is 1.88. The summed E-state index contributed by atoms with van der Waals surface area (Å²) in [4.78, 5) is 33.3. The zero-order valence-electron chi connectivity index (χ0n) is 15.9. The van der Waals surface area contributed by atoms with Crippen LogP contribution in [0.15, 0.2) is 69.0 Å². The quantitative estimate of drug-likeness (QED) is 0.503. The van der Waals surface area contributed by atoms with E-state index in [1.807, 2.05) is 42.5 Å². The van der Waals surface area contributed by atoms with E-state index in [1.165, 1.54) is 10.9 Å². The summed E-state index contributed by atoms with van der Waals surface area (Å²) in [7, 11) is 0. The number of benzene rings is 2. The van der Waals surface area contributed by atoms with E-state index >= 15 is 0 Å². The normalized spacial score (nSPS) is 16.7. The van der Waals surface area contributed by atoms with Crippen LogP contribution in [-0.4, -0.2) is 27.3 Å². The highest BCUT2D eigenvalue weighted by Crippen LogP contribution is 2.37. The predicted molar refractivity (Wildman–Crippen MR) is 115 cm³/mol. The third-order valence-electron chi connectivity index (χ3n) is 5.20. The van der Waals surface area contributed by atoms with Crippen LogP contribution >= 0.6 is 11.8 Å². The summed E-state index contributed by atoms with van der Waals surface area (Å²) in [6.45, 7) is 2.71. The molecule has 146 valence electrons. The molecular formula is C22H19N3O3S. The molecule has 2 aromatic carbocycles. The predicted octanol–water partition coefficient (Wildman–Crippen LogP) is 4.06. The summed E-state index contributed by atoms with van der Waals surface area (Å²) in [5, 5.41) is 1.22. The number of furan rings is 1. The topological polar surface area (TPSA) is 68.3 Å². The maximum Gasteiger partial charge on any atom is 0.297 e. The van der Waals surface area contributed by atoms with Gasteiger partial charge in [0.15, 0.2) is 0 Å². The van der Waals surface area contributed by atoms with Crippen LogP contribution in [0.5, 0.6) is 0 Å². The molecule has 0 radical (unpaired) electrons. The molecule has 0 spiro atoms. The van der Waals surface area contributed by atoms with Crippen molar-refractivity contribution >= 4 is 45.4 Å². The van der Waals surface area contributed by atoms with Gasteiger partial charge in [-0.15, -0.1) is 11.8 Å². The van der Waals surface area contributed by atoms with Crippen molar-refractivity contribution in [3.8, 4) is 0 Å². The summed E-state index contributed by atoms with van der Waals surface area (Å²) < 4.78 is 7.05. The second kappa shape index (κ2) is 7.08. The molecule has 0 saturated heterocycles. The number of aromatic nitrogens is 2. The first-order valence-electron chi connectivity index (χ1n) is 9.54. The lowest BCUT2D eigenvalue weighted by Gasteiger charge is -2.22. The monoisotopic (exact) mass is 405 g/mol. The molecule has 1 aliphatic heterocycles. The Kier molecular flexibility index (Phi) is 4.39. The third-order valence-corrected chi connectivity index (χ3v) is 6.44. The number of para-hydroxylation sites is 2. The minimum Gasteiger partial charge on any atom is -0.448 e. The molecule has 4 aromatic rings. The molecular weight excluding hydrogens is 386 g/mol. The molecule has 1 amide bonds. The highest BCUT2D eigenvalue weighted by atomic mass is 32.2. The molecule has 7 heteroatoms. The van der Waals surface area contributed by atoms with E-state index in [2.05, 4.69) is 11.9 Å². The zero-order valence-corrected chi connectivity index (χ0v) is 16.7. The SMILES string of the molecule is C[C@H]1CCN(C(=O)Cn2cnc3c(oc4ccccc43)c2=O)c2ccccc2S1. The molecule has 5 rings (SSSR count). The van der Waals surface area contributed by atoms with Crippen molar-refractivity contribution in [3.05, 3.63) is 65.2 Å². The number of carbonyl (C=O) groups excluding carboxylic acids is 1. The molecule has 0 bridgehead atoms. The molecule has 2 aromatic heterocycles. The van der Waals surface area contributed by atoms with Gasteiger partial charge in [-0.2, -0.15) is 0 Å². The van der Waals surface area contributed by atoms with Crippen LogP contribution < -0.4 is 10.5 Å². The Morgan fingerprint density at radius 2 is 2.00 bits per heavy atom. The van der Waals surface area contributed by atoms with Crippen LogP contribution in [0, 0.1) is 0 Å². The fourth-order valence-electron chi connectivity index (χ4n) is 3.70. The first-order chi connectivity index (χ1) is 14.1. The maximum absolute atomic E-state index is 13.1. The highest BCUT2D eigenvalue weighted by Gasteiger charge is 2.25. The fourth-order valence-corrected chi connectivity index (χ4v) is 4.82. The number of carbonyl (C=O) groups is 1. The zero-order chi connectivity index (χ0) is 20.0. The Hall–Kier alpha value is -3.06. The number of nitrogens with zero attached hydrogens (tertiary/aromatic N) is 3. The number of rotatable bonds is 2. The molecule has 3 heterocycles. The van der Waals surface area contributed by atoms with Crippen LogP contribution in [0.3, 0.4) is 0 Å². The molecule has 6 nitrogen and oxygen atoms in total. The van der Waals surface area contributed by atoms with Crippen molar-refractivity contribution in [2.75, 3.05) is 11.4 Å². The number of hydrogen-bond acceptors (Lipinski definition) is 5. The van der Waals surface area contributed by atoms with Gasteiger partial charge in [-0.25, -0.2) is 4.98 Å². The van der Waals surface area contributed by atoms with Gasteiger partial charge in [0, 0.05) is 22.1 Å². The molecule has 0 fully saturated rings. The van der Waals surface area contributed by atoms with E-state index < -0.39 is 0 Å². The first kappa shape index (κ1) is 18.0. The Morgan fingerprint density at radius 3 is 2.90 bits per heavy atom. The summed E-state index contributed by atoms with van der Waals surface area (Å²) in [6.07, 6.45) is 2.33. The standard InChI is InChI=1S/C22H19N3O3S/c1-14-10-11-25(16-7-3-5-9-18(16)29-14)19(26)12-24-13-23-20-15-6-2-4-8-17(15)28-21(20)22(24)27/h2-9,13-14H,10-12H2,1H3/t14-/m0/s1. The second-order valence-electron chi connectivity index (χ2n) is 7.18. The van der Waals surface area contributed by atoms with Gasteiger partial charge in [-0.3, -0.25) is 14.2 Å². The van der Waals surface area contributed by atoms with Gasteiger partial charge < -0.3 is 9.32 Å². The Labute approximate surface area is 171 Å². The van der Waals surface area contributed by atoms with E-state index in [4.69, 9.17) is 4.42 Å². The first-order valence-corrected chi connectivity index (χ1v) is 10.4. The summed E-state index contributed by atoms with van der Waals surface area (Å²) in [6, 6.07) is 15.3. The van der Waals surface area contributed by atoms with Gasteiger partial charge in [0.1, 0.15) is 17.6 Å². The summed E-state index contributed by atoms with van der Waals surface area (Å²) >= 11 is 1.78. The van der Waals surface area contributed by atoms with Crippen molar-refractivity contribution in [2.24, 2.45) is 0 Å². The van der Waals surface area contributed by atoms with Crippen molar-refractivity contribution in [3.63, 3.8) is 0 Å². The van der Waals surface area contributed by atoms with E-state index in [0.717, 1.165) is 22.4 Å². The maximum atomic E-state index is 13.1. The number of hydrogen-bond donors (Lipinski definition) is 0. The molecule has 0 saturated carbocycles. The van der Waals surface area contributed by atoms with E-state index in [1.54, 1.807) is 22.7 Å². The average molecular weight is 405 g/mol. The van der Waals surface area contributed by atoms with Crippen molar-refractivity contribution in [1.29, 1.82) is 0 Å². The van der Waals surface area contributed by atoms with Crippen molar-refractivity contribution < 1.29 is 9.21 Å². The molecule has 1 atom stereocenters. The van der Waals surface area contributed by atoms with Gasteiger partial charge >= 0.3 is 0 Å². The Balaban J connectivity index is 1.51. The van der Waals surface area contributed by atoms with Gasteiger partial charge in [-0.1, -0.05) is 31.2 Å². The Morgan fingerprint density at radius 1 is 1.21 bits per heavy atom. The largest absolute Gasteiger partial charge is 0.448 e. The van der Waals surface area contributed by atoms with Crippen molar-refractivity contribution in [2.45, 2.75) is 30.0 Å². The molecule has 0 aliphatic carbocycles. The van der Waals surface area contributed by atoms with Gasteiger partial charge in [-0.05, 0) is 30.7 Å². The van der Waals surface area contributed by atoms with Gasteiger partial charge in [0.25, 0.3) is 5.56 Å². The summed E-state index contributed by atoms with van der Waals surface area (Å²) in [5.74, 6) is -0.133. The lowest BCUT2D eigenvalue weighted by molar-refractivity contribution is -0.119. The molecule has 29 heavy (non-hydrogen) atoms. The highest BCUT2D eigenvalue weighted by molar-refractivity contribution is 8.00. The van der Waals surface area contributed by atoms with Crippen molar-refractivity contribution in [1.82, 2.24) is 9.55 Å². The van der Waals surface area contributed by atoms with Gasteiger partial charge in [0.2, 0.25) is 11.5 Å². The second-order valence-corrected chi connectivity index (χ2v) is 8.66. The van der Waals surface area contributed by atoms with E-state index in [0.29, 0.717) is 22.9 Å². The molecule has 0 unspecified atom stereocenters. The van der Waals surface area contributed by atoms with E-state index in [-0.39, 0.29) is 23.6 Å². The Bertz CT molecular complexity index is 1290. The minimum absolute atomic E-state index is 0.0772. The smallest absolute Gasteiger partial charge is 0.297 e. The number of anilines is 1. The lowest BCUT2D eigenvalue weighted by Crippen LogP contribution is -2.37. The van der Waals surface area contributed by atoms with Crippen LogP contribution in [0.25, 0.3) is 22.1 Å². The average Bonchev–Trinajstić information content (AvgIpc) is 3.01. The number of amides is 1. The van der Waals surface area contributed by atoms with Crippen LogP contribution in [0.1, 0.15) is 13.3 Å². The van der Waals surface area contributed by atoms with E-state index in [9.17, 15) is 9.59 Å².